The molecule has 4 rings (SSSR count). The third-order valence-corrected chi connectivity index (χ3v) is 4.90. The van der Waals surface area contributed by atoms with Crippen LogP contribution < -0.4 is 5.56 Å². The first-order valence-electron chi connectivity index (χ1n) is 7.92. The number of para-hydroxylation sites is 1. The van der Waals surface area contributed by atoms with Crippen molar-refractivity contribution in [3.63, 3.8) is 0 Å². The number of rotatable bonds is 3. The molecule has 23 heavy (non-hydrogen) atoms. The quantitative estimate of drug-likeness (QED) is 0.907. The Morgan fingerprint density at radius 2 is 2.22 bits per heavy atom. The van der Waals surface area contributed by atoms with Crippen molar-refractivity contribution in [2.75, 3.05) is 6.54 Å². The van der Waals surface area contributed by atoms with E-state index < -0.39 is 0 Å². The third kappa shape index (κ3) is 2.86. The van der Waals surface area contributed by atoms with Crippen LogP contribution in [-0.2, 0) is 19.5 Å². The van der Waals surface area contributed by atoms with E-state index in [0.717, 1.165) is 42.0 Å². The van der Waals surface area contributed by atoms with Gasteiger partial charge >= 0.3 is 0 Å². The van der Waals surface area contributed by atoms with Gasteiger partial charge in [-0.05, 0) is 25.3 Å². The number of aromatic hydroxyl groups is 1. The molecular formula is C17H18ClN3O2. The van der Waals surface area contributed by atoms with E-state index in [9.17, 15) is 9.90 Å². The highest BCUT2D eigenvalue weighted by atomic mass is 35.5. The van der Waals surface area contributed by atoms with Gasteiger partial charge in [0, 0.05) is 36.7 Å². The second kappa shape index (κ2) is 5.65. The summed E-state index contributed by atoms with van der Waals surface area (Å²) >= 11 is 5.97. The van der Waals surface area contributed by atoms with Crippen LogP contribution in [0, 0.1) is 0 Å². The summed E-state index contributed by atoms with van der Waals surface area (Å²) in [5, 5.41) is 10.4. The number of benzene rings is 1. The number of hydrogen-bond acceptors (Lipinski definition) is 4. The highest BCUT2D eigenvalue weighted by Crippen LogP contribution is 2.38. The second-order valence-electron chi connectivity index (χ2n) is 6.36. The summed E-state index contributed by atoms with van der Waals surface area (Å²) in [6.45, 7) is 2.00. The molecule has 0 amide bonds. The molecule has 120 valence electrons. The normalized spacial score (nSPS) is 18.0. The molecule has 0 spiro atoms. The maximum atomic E-state index is 12.2. The molecule has 5 nitrogen and oxygen atoms in total. The molecule has 2 aliphatic rings. The van der Waals surface area contributed by atoms with Crippen molar-refractivity contribution in [3.8, 4) is 5.75 Å². The van der Waals surface area contributed by atoms with Crippen molar-refractivity contribution in [1.82, 2.24) is 14.9 Å². The third-order valence-electron chi connectivity index (χ3n) is 4.60. The average molecular weight is 332 g/mol. The number of aromatic nitrogens is 2. The molecule has 6 heteroatoms. The molecule has 0 unspecified atom stereocenters. The molecule has 1 fully saturated rings. The maximum Gasteiger partial charge on any atom is 0.254 e. The predicted octanol–water partition coefficient (Wildman–Crippen LogP) is 2.56. The predicted molar refractivity (Wildman–Crippen MR) is 87.8 cm³/mol. The fourth-order valence-electron chi connectivity index (χ4n) is 3.13. The molecule has 1 aliphatic heterocycles. The van der Waals surface area contributed by atoms with Crippen molar-refractivity contribution in [2.45, 2.75) is 38.3 Å². The molecule has 1 saturated carbocycles. The van der Waals surface area contributed by atoms with E-state index >= 15 is 0 Å². The Labute approximate surface area is 138 Å². The summed E-state index contributed by atoms with van der Waals surface area (Å²) in [6.07, 6.45) is 2.91. The van der Waals surface area contributed by atoms with Gasteiger partial charge in [0.1, 0.15) is 11.6 Å². The van der Waals surface area contributed by atoms with Crippen LogP contribution in [0.5, 0.6) is 5.75 Å². The first-order valence-corrected chi connectivity index (χ1v) is 8.30. The maximum absolute atomic E-state index is 12.2. The Morgan fingerprint density at radius 3 is 3.00 bits per heavy atom. The first kappa shape index (κ1) is 14.7. The molecule has 0 atom stereocenters. The van der Waals surface area contributed by atoms with Gasteiger partial charge in [-0.3, -0.25) is 9.69 Å². The van der Waals surface area contributed by atoms with Crippen LogP contribution in [0.1, 0.15) is 41.4 Å². The zero-order chi connectivity index (χ0) is 16.0. The van der Waals surface area contributed by atoms with Crippen LogP contribution in [0.25, 0.3) is 0 Å². The van der Waals surface area contributed by atoms with Crippen molar-refractivity contribution < 1.29 is 5.11 Å². The molecule has 0 saturated heterocycles. The summed E-state index contributed by atoms with van der Waals surface area (Å²) in [6, 6.07) is 5.38. The van der Waals surface area contributed by atoms with Gasteiger partial charge in [-0.25, -0.2) is 4.98 Å². The van der Waals surface area contributed by atoms with E-state index in [1.807, 2.05) is 12.1 Å². The van der Waals surface area contributed by atoms with Gasteiger partial charge < -0.3 is 10.1 Å². The first-order chi connectivity index (χ1) is 11.1. The zero-order valence-electron chi connectivity index (χ0n) is 12.7. The monoisotopic (exact) mass is 331 g/mol. The summed E-state index contributed by atoms with van der Waals surface area (Å²) in [4.78, 5) is 22.0. The van der Waals surface area contributed by atoms with Crippen molar-refractivity contribution in [3.05, 3.63) is 56.2 Å². The lowest BCUT2D eigenvalue weighted by Crippen LogP contribution is -2.35. The number of phenols is 1. The highest BCUT2D eigenvalue weighted by molar-refractivity contribution is 6.32. The van der Waals surface area contributed by atoms with Gasteiger partial charge in [0.15, 0.2) is 0 Å². The number of aromatic amines is 1. The Bertz CT molecular complexity index is 814. The number of fused-ring (bicyclic) bond motifs is 1. The van der Waals surface area contributed by atoms with E-state index in [1.54, 1.807) is 6.07 Å². The van der Waals surface area contributed by atoms with Crippen LogP contribution in [0.15, 0.2) is 23.0 Å². The minimum Gasteiger partial charge on any atom is -0.506 e. The number of hydrogen-bond donors (Lipinski definition) is 2. The van der Waals surface area contributed by atoms with Gasteiger partial charge in [-0.1, -0.05) is 23.7 Å². The van der Waals surface area contributed by atoms with E-state index in [-0.39, 0.29) is 11.3 Å². The van der Waals surface area contributed by atoms with Crippen LogP contribution in [-0.4, -0.2) is 26.5 Å². The number of halogens is 1. The largest absolute Gasteiger partial charge is 0.506 e. The van der Waals surface area contributed by atoms with E-state index in [1.165, 1.54) is 0 Å². The van der Waals surface area contributed by atoms with Crippen LogP contribution in [0.3, 0.4) is 0 Å². The van der Waals surface area contributed by atoms with Gasteiger partial charge in [0.25, 0.3) is 5.56 Å². The second-order valence-corrected chi connectivity index (χ2v) is 6.77. The summed E-state index contributed by atoms with van der Waals surface area (Å²) in [5.74, 6) is 1.40. The number of H-pyrrole nitrogens is 1. The molecule has 2 heterocycles. The molecule has 0 bridgehead atoms. The van der Waals surface area contributed by atoms with Gasteiger partial charge in [-0.15, -0.1) is 0 Å². The van der Waals surface area contributed by atoms with E-state index in [2.05, 4.69) is 14.9 Å². The molecule has 0 radical (unpaired) electrons. The van der Waals surface area contributed by atoms with Crippen molar-refractivity contribution >= 4 is 11.6 Å². The topological polar surface area (TPSA) is 69.2 Å². The van der Waals surface area contributed by atoms with Crippen LogP contribution >= 0.6 is 11.6 Å². The van der Waals surface area contributed by atoms with Crippen molar-refractivity contribution in [1.29, 1.82) is 0 Å². The molecule has 2 N–H and O–H groups in total. The Kier molecular flexibility index (Phi) is 3.62. The van der Waals surface area contributed by atoms with Crippen molar-refractivity contribution in [2.24, 2.45) is 0 Å². The van der Waals surface area contributed by atoms with E-state index in [4.69, 9.17) is 11.6 Å². The molecule has 1 aromatic carbocycles. The van der Waals surface area contributed by atoms with Gasteiger partial charge in [0.05, 0.1) is 10.7 Å². The lowest BCUT2D eigenvalue weighted by Gasteiger charge is -2.28. The lowest BCUT2D eigenvalue weighted by molar-refractivity contribution is 0.237. The Balaban J connectivity index is 1.58. The number of nitrogens with one attached hydrogen (secondary N) is 1. The minimum absolute atomic E-state index is 0.0159. The highest BCUT2D eigenvalue weighted by Gasteiger charge is 2.29. The zero-order valence-corrected chi connectivity index (χ0v) is 13.4. The Morgan fingerprint density at radius 1 is 1.39 bits per heavy atom. The lowest BCUT2D eigenvalue weighted by atomic mass is 10.0. The molecule has 1 aromatic heterocycles. The number of phenolic OH excluding ortho intramolecular Hbond substituents is 1. The summed E-state index contributed by atoms with van der Waals surface area (Å²) in [7, 11) is 0. The fraction of sp³-hybridized carbons (Fsp3) is 0.412. The molecular weight excluding hydrogens is 314 g/mol. The van der Waals surface area contributed by atoms with Gasteiger partial charge in [0.2, 0.25) is 0 Å². The average Bonchev–Trinajstić information content (AvgIpc) is 3.36. The standard InChI is InChI=1S/C17H18ClN3O2/c18-13-3-1-2-11(15(13)22)8-21-7-6-12-14(9-21)19-16(10-4-5-10)20-17(12)23/h1-3,10,22H,4-9H2,(H,19,20,23). The van der Waals surface area contributed by atoms with Crippen LogP contribution in [0.2, 0.25) is 5.02 Å². The summed E-state index contributed by atoms with van der Waals surface area (Å²) < 4.78 is 0. The fourth-order valence-corrected chi connectivity index (χ4v) is 3.32. The number of nitrogens with zero attached hydrogens (tertiary/aromatic N) is 2. The van der Waals surface area contributed by atoms with Gasteiger partial charge in [-0.2, -0.15) is 0 Å². The smallest absolute Gasteiger partial charge is 0.254 e. The minimum atomic E-state index is 0.0159. The summed E-state index contributed by atoms with van der Waals surface area (Å²) in [5.41, 5.74) is 2.50. The Hall–Kier alpha value is -1.85. The molecule has 1 aliphatic carbocycles. The SMILES string of the molecule is O=c1[nH]c(C2CC2)nc2c1CCN(Cc1cccc(Cl)c1O)C2. The molecule has 2 aromatic rings. The van der Waals surface area contributed by atoms with E-state index in [0.29, 0.717) is 30.5 Å². The van der Waals surface area contributed by atoms with Crippen LogP contribution in [0.4, 0.5) is 0 Å².